The van der Waals surface area contributed by atoms with E-state index >= 15 is 0 Å². The summed E-state index contributed by atoms with van der Waals surface area (Å²) in [7, 11) is 0. The average Bonchev–Trinajstić information content (AvgIpc) is 2.33. The molecule has 0 saturated heterocycles. The van der Waals surface area contributed by atoms with Crippen LogP contribution in [0.1, 0.15) is 18.9 Å². The number of carbonyl (C=O) groups is 1. The van der Waals surface area contributed by atoms with Crippen molar-refractivity contribution in [3.05, 3.63) is 29.6 Å². The zero-order chi connectivity index (χ0) is 13.4. The summed E-state index contributed by atoms with van der Waals surface area (Å²) in [5.74, 6) is 4.79. The normalized spacial score (nSPS) is 9.28. The molecule has 0 aliphatic rings. The van der Waals surface area contributed by atoms with Crippen LogP contribution in [-0.2, 0) is 4.74 Å². The predicted molar refractivity (Wildman–Crippen MR) is 65.6 cm³/mol. The van der Waals surface area contributed by atoms with Gasteiger partial charge in [-0.3, -0.25) is 5.32 Å². The van der Waals surface area contributed by atoms with Gasteiger partial charge in [-0.1, -0.05) is 11.8 Å². The Morgan fingerprint density at radius 3 is 2.94 bits per heavy atom. The third-order valence-corrected chi connectivity index (χ3v) is 1.95. The lowest BCUT2D eigenvalue weighted by molar-refractivity contribution is 0.168. The Bertz CT molecular complexity index is 477. The first-order chi connectivity index (χ1) is 8.67. The summed E-state index contributed by atoms with van der Waals surface area (Å²) in [6, 6.07) is 4.20. The van der Waals surface area contributed by atoms with Crippen molar-refractivity contribution in [2.45, 2.75) is 13.3 Å². The molecule has 0 heterocycles. The highest BCUT2D eigenvalue weighted by molar-refractivity contribution is 5.84. The molecule has 96 valence electrons. The van der Waals surface area contributed by atoms with Crippen molar-refractivity contribution in [3.63, 3.8) is 0 Å². The fourth-order valence-electron chi connectivity index (χ4n) is 1.19. The van der Waals surface area contributed by atoms with Crippen molar-refractivity contribution in [3.8, 4) is 11.8 Å². The molecule has 0 bridgehead atoms. The first-order valence-electron chi connectivity index (χ1n) is 5.50. The molecule has 18 heavy (non-hydrogen) atoms. The van der Waals surface area contributed by atoms with Crippen molar-refractivity contribution >= 4 is 11.8 Å². The Labute approximate surface area is 105 Å². The van der Waals surface area contributed by atoms with Gasteiger partial charge < -0.3 is 9.84 Å². The van der Waals surface area contributed by atoms with Gasteiger partial charge in [0.05, 0.1) is 18.9 Å². The molecule has 0 atom stereocenters. The maximum absolute atomic E-state index is 13.6. The first kappa shape index (κ1) is 14.0. The lowest BCUT2D eigenvalue weighted by Crippen LogP contribution is -2.14. The number of hydrogen-bond donors (Lipinski definition) is 2. The molecular weight excluding hydrogens is 237 g/mol. The Morgan fingerprint density at radius 2 is 2.33 bits per heavy atom. The van der Waals surface area contributed by atoms with Gasteiger partial charge in [0.25, 0.3) is 0 Å². The van der Waals surface area contributed by atoms with Crippen molar-refractivity contribution in [2.24, 2.45) is 0 Å². The van der Waals surface area contributed by atoms with E-state index in [-0.39, 0.29) is 18.9 Å². The van der Waals surface area contributed by atoms with Gasteiger partial charge in [-0.2, -0.15) is 0 Å². The molecule has 4 nitrogen and oxygen atoms in total. The van der Waals surface area contributed by atoms with Crippen LogP contribution in [0.4, 0.5) is 14.9 Å². The molecule has 0 spiro atoms. The van der Waals surface area contributed by atoms with Crippen LogP contribution in [0.3, 0.4) is 0 Å². The molecule has 0 fully saturated rings. The summed E-state index contributed by atoms with van der Waals surface area (Å²) in [5.41, 5.74) is 0.525. The molecule has 0 unspecified atom stereocenters. The van der Waals surface area contributed by atoms with E-state index in [0.717, 1.165) is 0 Å². The summed E-state index contributed by atoms with van der Waals surface area (Å²) in [4.78, 5) is 11.1. The third kappa shape index (κ3) is 4.44. The molecule has 1 rings (SSSR count). The summed E-state index contributed by atoms with van der Waals surface area (Å²) in [5, 5.41) is 10.8. The second-order valence-corrected chi connectivity index (χ2v) is 3.32. The molecule has 1 amide bonds. The zero-order valence-corrected chi connectivity index (χ0v) is 10.00. The maximum atomic E-state index is 13.6. The molecule has 5 heteroatoms. The lowest BCUT2D eigenvalue weighted by Gasteiger charge is -2.06. The highest BCUT2D eigenvalue weighted by Crippen LogP contribution is 2.15. The van der Waals surface area contributed by atoms with Crippen LogP contribution >= 0.6 is 0 Å². The molecule has 2 N–H and O–H groups in total. The Kier molecular flexibility index (Phi) is 5.68. The van der Waals surface area contributed by atoms with Crippen LogP contribution in [0.5, 0.6) is 0 Å². The van der Waals surface area contributed by atoms with Gasteiger partial charge in [0.2, 0.25) is 0 Å². The standard InChI is InChI=1S/C13H14FNO3/c1-2-18-13(17)15-12-7-6-10(9-11(12)14)5-3-4-8-16/h6-7,9,16H,2,4,8H2,1H3,(H,15,17). The number of ether oxygens (including phenoxy) is 1. The fourth-order valence-corrected chi connectivity index (χ4v) is 1.19. The van der Waals surface area contributed by atoms with E-state index in [4.69, 9.17) is 5.11 Å². The number of benzene rings is 1. The van der Waals surface area contributed by atoms with Crippen LogP contribution in [0, 0.1) is 17.7 Å². The average molecular weight is 251 g/mol. The molecule has 0 aliphatic heterocycles. The van der Waals surface area contributed by atoms with Crippen molar-refractivity contribution in [1.82, 2.24) is 0 Å². The lowest BCUT2D eigenvalue weighted by atomic mass is 10.2. The first-order valence-corrected chi connectivity index (χ1v) is 5.50. The van der Waals surface area contributed by atoms with Gasteiger partial charge >= 0.3 is 6.09 Å². The van der Waals surface area contributed by atoms with Gasteiger partial charge in [0, 0.05) is 12.0 Å². The van der Waals surface area contributed by atoms with Gasteiger partial charge in [-0.05, 0) is 25.1 Å². The van der Waals surface area contributed by atoms with Crippen LogP contribution in [0.15, 0.2) is 18.2 Å². The monoisotopic (exact) mass is 251 g/mol. The minimum atomic E-state index is -0.699. The Morgan fingerprint density at radius 1 is 1.56 bits per heavy atom. The fraction of sp³-hybridized carbons (Fsp3) is 0.308. The van der Waals surface area contributed by atoms with E-state index in [2.05, 4.69) is 21.9 Å². The summed E-state index contributed by atoms with van der Waals surface area (Å²) >= 11 is 0. The second kappa shape index (κ2) is 7.30. The number of amides is 1. The molecule has 1 aromatic carbocycles. The summed E-state index contributed by atoms with van der Waals surface area (Å²) < 4.78 is 18.2. The van der Waals surface area contributed by atoms with E-state index in [1.807, 2.05) is 0 Å². The van der Waals surface area contributed by atoms with Gasteiger partial charge in [0.1, 0.15) is 5.82 Å². The number of rotatable bonds is 3. The number of halogens is 1. The predicted octanol–water partition coefficient (Wildman–Crippen LogP) is 2.13. The number of anilines is 1. The minimum absolute atomic E-state index is 0.0298. The molecular formula is C13H14FNO3. The highest BCUT2D eigenvalue weighted by Gasteiger charge is 2.07. The highest BCUT2D eigenvalue weighted by atomic mass is 19.1. The van der Waals surface area contributed by atoms with E-state index in [1.54, 1.807) is 13.0 Å². The second-order valence-electron chi connectivity index (χ2n) is 3.32. The maximum Gasteiger partial charge on any atom is 0.411 e. The molecule has 0 radical (unpaired) electrons. The molecule has 0 saturated carbocycles. The van der Waals surface area contributed by atoms with Crippen LogP contribution in [0.2, 0.25) is 0 Å². The summed E-state index contributed by atoms with van der Waals surface area (Å²) in [6.07, 6.45) is -0.361. The molecule has 0 aliphatic carbocycles. The van der Waals surface area contributed by atoms with Crippen LogP contribution in [0.25, 0.3) is 0 Å². The van der Waals surface area contributed by atoms with E-state index in [1.165, 1.54) is 12.1 Å². The Balaban J connectivity index is 2.74. The number of aliphatic hydroxyl groups excluding tert-OH is 1. The number of carbonyl (C=O) groups excluding carboxylic acids is 1. The topological polar surface area (TPSA) is 58.6 Å². The van der Waals surface area contributed by atoms with Crippen molar-refractivity contribution in [1.29, 1.82) is 0 Å². The van der Waals surface area contributed by atoms with E-state index in [9.17, 15) is 9.18 Å². The molecule has 0 aromatic heterocycles. The molecule has 1 aromatic rings. The quantitative estimate of drug-likeness (QED) is 0.809. The van der Waals surface area contributed by atoms with Crippen LogP contribution in [-0.4, -0.2) is 24.4 Å². The number of nitrogens with one attached hydrogen (secondary N) is 1. The number of aliphatic hydroxyl groups is 1. The smallest absolute Gasteiger partial charge is 0.411 e. The van der Waals surface area contributed by atoms with Gasteiger partial charge in [-0.25, -0.2) is 9.18 Å². The van der Waals surface area contributed by atoms with E-state index in [0.29, 0.717) is 12.0 Å². The van der Waals surface area contributed by atoms with Crippen molar-refractivity contribution < 1.29 is 19.0 Å². The van der Waals surface area contributed by atoms with Gasteiger partial charge in [0.15, 0.2) is 0 Å². The summed E-state index contributed by atoms with van der Waals surface area (Å²) in [6.45, 7) is 1.85. The van der Waals surface area contributed by atoms with Crippen molar-refractivity contribution in [2.75, 3.05) is 18.5 Å². The third-order valence-electron chi connectivity index (χ3n) is 1.95. The zero-order valence-electron chi connectivity index (χ0n) is 10.00. The number of hydrogen-bond acceptors (Lipinski definition) is 3. The van der Waals surface area contributed by atoms with Crippen LogP contribution < -0.4 is 5.32 Å². The van der Waals surface area contributed by atoms with Gasteiger partial charge in [-0.15, -0.1) is 0 Å². The Hall–Kier alpha value is -2.06. The largest absolute Gasteiger partial charge is 0.450 e. The SMILES string of the molecule is CCOC(=O)Nc1ccc(C#CCCO)cc1F. The van der Waals surface area contributed by atoms with E-state index < -0.39 is 11.9 Å². The minimum Gasteiger partial charge on any atom is -0.450 e.